The molecule has 0 aliphatic carbocycles. The van der Waals surface area contributed by atoms with Crippen molar-refractivity contribution in [3.63, 3.8) is 0 Å². The van der Waals surface area contributed by atoms with Gasteiger partial charge in [-0.05, 0) is 18.6 Å². The van der Waals surface area contributed by atoms with Crippen molar-refractivity contribution in [3.05, 3.63) is 53.9 Å². The molecule has 1 fully saturated rings. The number of aromatic nitrogens is 2. The van der Waals surface area contributed by atoms with Crippen LogP contribution >= 0.6 is 24.8 Å². The molecular weight excluding hydrogens is 363 g/mol. The predicted molar refractivity (Wildman–Crippen MR) is 101 cm³/mol. The van der Waals surface area contributed by atoms with E-state index in [1.54, 1.807) is 11.1 Å². The first-order valence-electron chi connectivity index (χ1n) is 7.83. The summed E-state index contributed by atoms with van der Waals surface area (Å²) in [5.74, 6) is -0.0531. The minimum absolute atomic E-state index is 0. The Bertz CT molecular complexity index is 649. The van der Waals surface area contributed by atoms with Crippen molar-refractivity contribution in [2.24, 2.45) is 5.73 Å². The molecule has 1 aromatic carbocycles. The van der Waals surface area contributed by atoms with Crippen LogP contribution in [0.5, 0.6) is 0 Å². The smallest absolute Gasteiger partial charge is 0.244 e. The molecule has 2 N–H and O–H groups in total. The fourth-order valence-corrected chi connectivity index (χ4v) is 2.76. The Labute approximate surface area is 160 Å². The number of amides is 1. The Morgan fingerprint density at radius 1 is 1.36 bits per heavy atom. The number of morpholine rings is 1. The molecule has 0 spiro atoms. The lowest BCUT2D eigenvalue weighted by atomic mass is 10.0. The highest BCUT2D eigenvalue weighted by Gasteiger charge is 2.28. The molecule has 3 rings (SSSR count). The summed E-state index contributed by atoms with van der Waals surface area (Å²) >= 11 is 0. The number of ether oxygens (including phenoxy) is 1. The van der Waals surface area contributed by atoms with Crippen LogP contribution in [-0.4, -0.2) is 46.4 Å². The second kappa shape index (κ2) is 9.77. The summed E-state index contributed by atoms with van der Waals surface area (Å²) in [6.45, 7) is 4.29. The van der Waals surface area contributed by atoms with Crippen LogP contribution in [0, 0.1) is 6.92 Å². The van der Waals surface area contributed by atoms with Crippen LogP contribution in [0.15, 0.2) is 42.7 Å². The van der Waals surface area contributed by atoms with Crippen LogP contribution < -0.4 is 5.73 Å². The summed E-state index contributed by atoms with van der Waals surface area (Å²) < 4.78 is 7.56. The lowest BCUT2D eigenvalue weighted by Gasteiger charge is -2.34. The van der Waals surface area contributed by atoms with Gasteiger partial charge in [0, 0.05) is 25.5 Å². The van der Waals surface area contributed by atoms with Crippen LogP contribution in [0.2, 0.25) is 0 Å². The van der Waals surface area contributed by atoms with Gasteiger partial charge < -0.3 is 15.4 Å². The average Bonchev–Trinajstić information content (AvgIpc) is 3.07. The van der Waals surface area contributed by atoms with Crippen molar-refractivity contribution in [2.45, 2.75) is 25.6 Å². The lowest BCUT2D eigenvalue weighted by molar-refractivity contribution is -0.140. The van der Waals surface area contributed by atoms with Crippen molar-refractivity contribution >= 4 is 30.7 Å². The second-order valence-electron chi connectivity index (χ2n) is 5.89. The van der Waals surface area contributed by atoms with Gasteiger partial charge >= 0.3 is 0 Å². The maximum absolute atomic E-state index is 12.7. The van der Waals surface area contributed by atoms with E-state index in [-0.39, 0.29) is 36.8 Å². The van der Waals surface area contributed by atoms with E-state index < -0.39 is 6.04 Å². The van der Waals surface area contributed by atoms with Crippen molar-refractivity contribution in [3.8, 4) is 0 Å². The Morgan fingerprint density at radius 2 is 2.08 bits per heavy atom. The van der Waals surface area contributed by atoms with Crippen LogP contribution in [-0.2, 0) is 16.1 Å². The van der Waals surface area contributed by atoms with Crippen LogP contribution in [0.4, 0.5) is 0 Å². The number of hydrogen-bond donors (Lipinski definition) is 1. The van der Waals surface area contributed by atoms with Gasteiger partial charge in [0.2, 0.25) is 5.91 Å². The molecule has 1 aliphatic heterocycles. The largest absolute Gasteiger partial charge is 0.373 e. The third-order valence-electron chi connectivity index (χ3n) is 4.10. The maximum Gasteiger partial charge on any atom is 0.244 e. The van der Waals surface area contributed by atoms with Gasteiger partial charge in [-0.15, -0.1) is 24.8 Å². The minimum Gasteiger partial charge on any atom is -0.373 e. The molecule has 0 saturated carbocycles. The van der Waals surface area contributed by atoms with E-state index in [9.17, 15) is 4.79 Å². The molecule has 6 nitrogen and oxygen atoms in total. The number of carbonyl (C=O) groups is 1. The van der Waals surface area contributed by atoms with Gasteiger partial charge in [-0.25, -0.2) is 0 Å². The van der Waals surface area contributed by atoms with Crippen molar-refractivity contribution in [2.75, 3.05) is 19.7 Å². The highest BCUT2D eigenvalue weighted by atomic mass is 35.5. The maximum atomic E-state index is 12.7. The zero-order valence-electron chi connectivity index (χ0n) is 14.1. The molecule has 0 radical (unpaired) electrons. The summed E-state index contributed by atoms with van der Waals surface area (Å²) in [7, 11) is 0. The average molecular weight is 387 g/mol. The first-order chi connectivity index (χ1) is 11.1. The molecule has 1 saturated heterocycles. The number of carbonyl (C=O) groups excluding carboxylic acids is 1. The summed E-state index contributed by atoms with van der Waals surface area (Å²) in [6.07, 6.45) is 3.57. The zero-order valence-corrected chi connectivity index (χ0v) is 15.7. The Kier molecular flexibility index (Phi) is 8.38. The van der Waals surface area contributed by atoms with Gasteiger partial charge in [-0.1, -0.05) is 29.8 Å². The second-order valence-corrected chi connectivity index (χ2v) is 5.89. The van der Waals surface area contributed by atoms with Gasteiger partial charge in [0.25, 0.3) is 0 Å². The Hall–Kier alpha value is -1.60. The van der Waals surface area contributed by atoms with Crippen molar-refractivity contribution < 1.29 is 9.53 Å². The summed E-state index contributed by atoms with van der Waals surface area (Å²) in [5, 5.41) is 4.18. The minimum atomic E-state index is -0.626. The predicted octanol–water partition coefficient (Wildman–Crippen LogP) is 1.96. The SMILES string of the molecule is Cc1ccc(C(N)C(=O)N2CCOC(Cn3cccn3)C2)cc1.Cl.Cl. The molecule has 8 heteroatoms. The Morgan fingerprint density at radius 3 is 2.72 bits per heavy atom. The summed E-state index contributed by atoms with van der Waals surface area (Å²) in [6, 6.07) is 9.03. The fourth-order valence-electron chi connectivity index (χ4n) is 2.76. The first-order valence-corrected chi connectivity index (χ1v) is 7.83. The Balaban J connectivity index is 0.00000156. The fraction of sp³-hybridized carbons (Fsp3) is 0.412. The molecule has 1 amide bonds. The van der Waals surface area contributed by atoms with Gasteiger partial charge in [0.05, 0.1) is 19.3 Å². The third kappa shape index (κ3) is 5.44. The molecule has 1 aliphatic rings. The number of rotatable bonds is 4. The third-order valence-corrected chi connectivity index (χ3v) is 4.10. The van der Waals surface area contributed by atoms with Gasteiger partial charge in [0.1, 0.15) is 6.04 Å². The van der Waals surface area contributed by atoms with E-state index in [1.165, 1.54) is 0 Å². The number of aryl methyl sites for hydroxylation is 1. The monoisotopic (exact) mass is 386 g/mol. The van der Waals surface area contributed by atoms with E-state index in [1.807, 2.05) is 48.1 Å². The highest BCUT2D eigenvalue weighted by Crippen LogP contribution is 2.17. The van der Waals surface area contributed by atoms with E-state index in [0.29, 0.717) is 26.2 Å². The van der Waals surface area contributed by atoms with E-state index in [0.717, 1.165) is 11.1 Å². The van der Waals surface area contributed by atoms with Crippen molar-refractivity contribution in [1.29, 1.82) is 0 Å². The molecule has 138 valence electrons. The standard InChI is InChI=1S/C17H22N4O2.2ClH/c1-13-3-5-14(6-4-13)16(18)17(22)20-9-10-23-15(11-20)12-21-8-2-7-19-21;;/h2-8,15-16H,9-12,18H2,1H3;2*1H. The van der Waals surface area contributed by atoms with E-state index >= 15 is 0 Å². The number of halogens is 2. The number of hydrogen-bond acceptors (Lipinski definition) is 4. The molecule has 2 aromatic rings. The molecule has 2 unspecified atom stereocenters. The highest BCUT2D eigenvalue weighted by molar-refractivity contribution is 5.85. The normalized spacial score (nSPS) is 18.0. The molecule has 0 bridgehead atoms. The van der Waals surface area contributed by atoms with Gasteiger partial charge in [-0.3, -0.25) is 9.48 Å². The molecule has 2 atom stereocenters. The number of nitrogens with two attached hydrogens (primary N) is 1. The summed E-state index contributed by atoms with van der Waals surface area (Å²) in [5.41, 5.74) is 8.15. The lowest BCUT2D eigenvalue weighted by Crippen LogP contribution is -2.49. The molecule has 1 aromatic heterocycles. The topological polar surface area (TPSA) is 73.4 Å². The quantitative estimate of drug-likeness (QED) is 0.871. The number of benzene rings is 1. The summed E-state index contributed by atoms with van der Waals surface area (Å²) in [4.78, 5) is 14.4. The van der Waals surface area contributed by atoms with Crippen LogP contribution in [0.25, 0.3) is 0 Å². The first kappa shape index (κ1) is 21.4. The van der Waals surface area contributed by atoms with E-state index in [4.69, 9.17) is 10.5 Å². The van der Waals surface area contributed by atoms with Gasteiger partial charge in [0.15, 0.2) is 0 Å². The van der Waals surface area contributed by atoms with E-state index in [2.05, 4.69) is 5.10 Å². The van der Waals surface area contributed by atoms with Crippen molar-refractivity contribution in [1.82, 2.24) is 14.7 Å². The number of nitrogens with zero attached hydrogens (tertiary/aromatic N) is 3. The van der Waals surface area contributed by atoms with Gasteiger partial charge in [-0.2, -0.15) is 5.10 Å². The molecule has 25 heavy (non-hydrogen) atoms. The molecule has 2 heterocycles. The molecular formula is C17H24Cl2N4O2. The van der Waals surface area contributed by atoms with Crippen LogP contribution in [0.1, 0.15) is 17.2 Å². The van der Waals surface area contributed by atoms with Crippen LogP contribution in [0.3, 0.4) is 0 Å². The zero-order chi connectivity index (χ0) is 16.2.